The molecule has 6 nitrogen and oxygen atoms in total. The fourth-order valence-corrected chi connectivity index (χ4v) is 1.06. The number of carbonyl (C=O) groups is 1. The average Bonchev–Trinajstić information content (AvgIpc) is 2.59. The summed E-state index contributed by atoms with van der Waals surface area (Å²) in [4.78, 5) is 8.78. The van der Waals surface area contributed by atoms with Gasteiger partial charge in [0.25, 0.3) is 0 Å². The molecule has 0 bridgehead atoms. The molecule has 1 atom stereocenters. The fourth-order valence-electron chi connectivity index (χ4n) is 1.06. The number of ether oxygens (including phenoxy) is 2. The third-order valence-corrected chi connectivity index (χ3v) is 1.76. The van der Waals surface area contributed by atoms with Crippen molar-refractivity contribution in [2.75, 3.05) is 13.2 Å². The Morgan fingerprint density at radius 1 is 1.26 bits per heavy atom. The maximum atomic E-state index is 12.2. The monoisotopic (exact) mass is 301 g/mol. The molecule has 0 saturated carbocycles. The Bertz CT molecular complexity index is 298. The van der Waals surface area contributed by atoms with E-state index in [0.29, 0.717) is 0 Å². The van der Waals surface area contributed by atoms with Crippen LogP contribution in [0.15, 0.2) is 0 Å². The summed E-state index contributed by atoms with van der Waals surface area (Å²) in [6.45, 7) is -1.94. The lowest BCUT2D eigenvalue weighted by Gasteiger charge is -2.31. The van der Waals surface area contributed by atoms with Crippen LogP contribution in [0.5, 0.6) is 0 Å². The molecule has 114 valence electrons. The highest BCUT2D eigenvalue weighted by Gasteiger charge is 2.77. The zero-order valence-corrected chi connectivity index (χ0v) is 8.96. The molecule has 1 aliphatic heterocycles. The highest BCUT2D eigenvalue weighted by atomic mass is 19.4. The number of carboxylic acid groups (broad SMARTS) is 1. The molecule has 1 saturated heterocycles. The summed E-state index contributed by atoms with van der Waals surface area (Å²) in [5.74, 6) is -4.62. The Labute approximate surface area is 101 Å². The molecule has 4 N–H and O–H groups in total. The number of nitrogens with two attached hydrogens (primary N) is 1. The molecule has 1 rings (SSSR count). The molecular formula is C7H9F6NO5. The maximum absolute atomic E-state index is 12.2. The number of aliphatic hydroxyl groups excluding tert-OH is 1. The zero-order chi connectivity index (χ0) is 15.5. The van der Waals surface area contributed by atoms with Gasteiger partial charge < -0.3 is 25.4 Å². The summed E-state index contributed by atoms with van der Waals surface area (Å²) in [5.41, 5.74) is 4.03. The fraction of sp³-hybridized carbons (Fsp3) is 0.857. The Balaban J connectivity index is 0.000000711. The van der Waals surface area contributed by atoms with E-state index in [1.807, 2.05) is 0 Å². The summed E-state index contributed by atoms with van der Waals surface area (Å²) in [5, 5.41) is 15.6. The summed E-state index contributed by atoms with van der Waals surface area (Å²) < 4.78 is 80.4. The van der Waals surface area contributed by atoms with Crippen LogP contribution in [0.2, 0.25) is 0 Å². The van der Waals surface area contributed by atoms with Crippen LogP contribution < -0.4 is 5.73 Å². The normalized spacial score (nSPS) is 22.6. The number of hydrogen-bond donors (Lipinski definition) is 3. The van der Waals surface area contributed by atoms with Crippen LogP contribution in [0.1, 0.15) is 0 Å². The van der Waals surface area contributed by atoms with E-state index in [-0.39, 0.29) is 0 Å². The lowest BCUT2D eigenvalue weighted by Crippen LogP contribution is -2.58. The minimum Gasteiger partial charge on any atom is -0.465 e. The van der Waals surface area contributed by atoms with Gasteiger partial charge in [0.2, 0.25) is 0 Å². The zero-order valence-electron chi connectivity index (χ0n) is 8.96. The predicted molar refractivity (Wildman–Crippen MR) is 45.0 cm³/mol. The molecule has 19 heavy (non-hydrogen) atoms. The number of hydrogen-bond acceptors (Lipinski definition) is 4. The molecular weight excluding hydrogens is 292 g/mol. The second-order valence-electron chi connectivity index (χ2n) is 3.18. The van der Waals surface area contributed by atoms with E-state index in [1.165, 1.54) is 0 Å². The molecule has 1 aliphatic rings. The van der Waals surface area contributed by atoms with Gasteiger partial charge in [-0.15, -0.1) is 0 Å². The number of alkyl halides is 6. The van der Waals surface area contributed by atoms with E-state index in [2.05, 4.69) is 15.2 Å². The van der Waals surface area contributed by atoms with E-state index in [1.54, 1.807) is 0 Å². The minimum atomic E-state index is -5.74. The van der Waals surface area contributed by atoms with Crippen molar-refractivity contribution in [3.8, 4) is 0 Å². The average molecular weight is 301 g/mol. The lowest BCUT2D eigenvalue weighted by molar-refractivity contribution is -0.443. The topological polar surface area (TPSA) is 102 Å². The van der Waals surface area contributed by atoms with Crippen molar-refractivity contribution < 1.29 is 50.8 Å². The van der Waals surface area contributed by atoms with Crippen LogP contribution in [-0.2, 0) is 9.47 Å². The molecule has 1 fully saturated rings. The van der Waals surface area contributed by atoms with Crippen molar-refractivity contribution in [1.29, 1.82) is 0 Å². The van der Waals surface area contributed by atoms with E-state index in [0.717, 1.165) is 0 Å². The third kappa shape index (κ3) is 4.11. The first-order chi connectivity index (χ1) is 8.37. The van der Waals surface area contributed by atoms with E-state index in [9.17, 15) is 26.3 Å². The van der Waals surface area contributed by atoms with Crippen molar-refractivity contribution >= 4 is 6.09 Å². The van der Waals surface area contributed by atoms with Crippen LogP contribution in [0, 0.1) is 0 Å². The Morgan fingerprint density at radius 3 is 1.79 bits per heavy atom. The van der Waals surface area contributed by atoms with Gasteiger partial charge in [-0.2, -0.15) is 26.3 Å². The summed E-state index contributed by atoms with van der Waals surface area (Å²) in [7, 11) is 0. The van der Waals surface area contributed by atoms with Crippen molar-refractivity contribution in [3.05, 3.63) is 0 Å². The van der Waals surface area contributed by atoms with Gasteiger partial charge in [0.15, 0.2) is 0 Å². The second-order valence-corrected chi connectivity index (χ2v) is 3.18. The smallest absolute Gasteiger partial charge is 0.453 e. The van der Waals surface area contributed by atoms with Crippen molar-refractivity contribution in [1.82, 2.24) is 0 Å². The molecule has 1 unspecified atom stereocenters. The Morgan fingerprint density at radius 2 is 1.63 bits per heavy atom. The quantitative estimate of drug-likeness (QED) is 0.623. The lowest BCUT2D eigenvalue weighted by atomic mass is 10.2. The molecule has 0 radical (unpaired) electrons. The van der Waals surface area contributed by atoms with Gasteiger partial charge in [-0.25, -0.2) is 4.79 Å². The van der Waals surface area contributed by atoms with Gasteiger partial charge in [0.1, 0.15) is 6.10 Å². The van der Waals surface area contributed by atoms with Crippen molar-refractivity contribution in [2.24, 2.45) is 5.73 Å². The number of primary amides is 1. The predicted octanol–water partition coefficient (Wildman–Crippen LogP) is 0.838. The van der Waals surface area contributed by atoms with Gasteiger partial charge in [-0.05, 0) is 0 Å². The van der Waals surface area contributed by atoms with Crippen molar-refractivity contribution in [3.63, 3.8) is 0 Å². The van der Waals surface area contributed by atoms with Gasteiger partial charge in [-0.3, -0.25) is 0 Å². The first-order valence-corrected chi connectivity index (χ1v) is 4.42. The second kappa shape index (κ2) is 5.79. The van der Waals surface area contributed by atoms with Crippen LogP contribution in [0.3, 0.4) is 0 Å². The summed E-state index contributed by atoms with van der Waals surface area (Å²) >= 11 is 0. The molecule has 0 aliphatic carbocycles. The van der Waals surface area contributed by atoms with E-state index < -0.39 is 43.6 Å². The SMILES string of the molecule is NC(=O)O.OCC1COC(C(F)(F)F)(C(F)(F)F)O1. The van der Waals surface area contributed by atoms with Gasteiger partial charge in [0, 0.05) is 0 Å². The van der Waals surface area contributed by atoms with E-state index >= 15 is 0 Å². The van der Waals surface area contributed by atoms with Crippen LogP contribution >= 0.6 is 0 Å². The molecule has 0 aromatic heterocycles. The van der Waals surface area contributed by atoms with Gasteiger partial charge in [-0.1, -0.05) is 0 Å². The van der Waals surface area contributed by atoms with Crippen LogP contribution in [-0.4, -0.2) is 53.8 Å². The van der Waals surface area contributed by atoms with E-state index in [4.69, 9.17) is 15.0 Å². The molecule has 0 aromatic rings. The highest BCUT2D eigenvalue weighted by Crippen LogP contribution is 2.49. The molecule has 0 spiro atoms. The first-order valence-electron chi connectivity index (χ1n) is 4.42. The first kappa shape index (κ1) is 17.7. The summed E-state index contributed by atoms with van der Waals surface area (Å²) in [6.07, 6.45) is -14.4. The van der Waals surface area contributed by atoms with Crippen molar-refractivity contribution in [2.45, 2.75) is 24.2 Å². The number of amides is 1. The van der Waals surface area contributed by atoms with Crippen LogP contribution in [0.4, 0.5) is 31.1 Å². The number of aliphatic hydroxyl groups is 1. The molecule has 1 heterocycles. The van der Waals surface area contributed by atoms with Gasteiger partial charge >= 0.3 is 24.2 Å². The summed E-state index contributed by atoms with van der Waals surface area (Å²) in [6, 6.07) is 0. The minimum absolute atomic E-state index is 0.963. The molecule has 1 amide bonds. The molecule has 12 heteroatoms. The van der Waals surface area contributed by atoms with Gasteiger partial charge in [0.05, 0.1) is 13.2 Å². The number of rotatable bonds is 1. The van der Waals surface area contributed by atoms with Crippen LogP contribution in [0.25, 0.3) is 0 Å². The largest absolute Gasteiger partial charge is 0.465 e. The maximum Gasteiger partial charge on any atom is 0.453 e. The third-order valence-electron chi connectivity index (χ3n) is 1.76. The number of halogens is 6. The standard InChI is InChI=1S/C6H6F6O3.CH3NO2/c7-5(8,9)4(6(10,11)12)14-2-3(1-13)15-4;2-1(3)4/h3,13H,1-2H2;2H2,(H,3,4). The highest BCUT2D eigenvalue weighted by molar-refractivity contribution is 5.61. The molecule has 0 aromatic carbocycles. The Hall–Kier alpha value is -1.27. The Kier molecular flexibility index (Phi) is 5.41.